The molecule has 0 fully saturated rings. The van der Waals surface area contributed by atoms with Gasteiger partial charge in [0.05, 0.1) is 17.6 Å². The highest BCUT2D eigenvalue weighted by Crippen LogP contribution is 2.34. The van der Waals surface area contributed by atoms with Crippen LogP contribution in [0.2, 0.25) is 0 Å². The second-order valence-electron chi connectivity index (χ2n) is 5.74. The molecule has 0 unspecified atom stereocenters. The quantitative estimate of drug-likeness (QED) is 0.505. The van der Waals surface area contributed by atoms with Gasteiger partial charge in [0.1, 0.15) is 4.60 Å². The van der Waals surface area contributed by atoms with E-state index in [1.54, 1.807) is 0 Å². The molecule has 2 rings (SSSR count). The molecular weight excluding hydrogens is 324 g/mol. The third kappa shape index (κ3) is 4.01. The molecule has 1 aromatic heterocycles. The molecule has 0 atom stereocenters. The molecule has 0 aliphatic heterocycles. The molecule has 0 aliphatic carbocycles. The van der Waals surface area contributed by atoms with Crippen molar-refractivity contribution in [2.75, 3.05) is 0 Å². The molecule has 3 heteroatoms. The number of aromatic nitrogens is 1. The topological polar surface area (TPSA) is 25.2 Å². The van der Waals surface area contributed by atoms with Crippen LogP contribution in [0.25, 0.3) is 0 Å². The Morgan fingerprint density at radius 1 is 0.952 bits per heavy atom. The second kappa shape index (κ2) is 6.99. The van der Waals surface area contributed by atoms with Gasteiger partial charge in [-0.2, -0.15) is 0 Å². The predicted octanol–water partition coefficient (Wildman–Crippen LogP) is 5.84. The summed E-state index contributed by atoms with van der Waals surface area (Å²) in [5, 5.41) is 0. The molecule has 1 heterocycles. The first-order valence-corrected chi connectivity index (χ1v) is 8.07. The number of hydrogen-bond acceptors (Lipinski definition) is 2. The molecule has 0 aliphatic rings. The number of aliphatic imine (C=N–C) groups is 1. The number of benzene rings is 1. The molecule has 0 saturated carbocycles. The number of halogens is 1. The van der Waals surface area contributed by atoms with E-state index in [4.69, 9.17) is 4.99 Å². The Labute approximate surface area is 135 Å². The number of rotatable bonds is 4. The second-order valence-corrected chi connectivity index (χ2v) is 6.55. The van der Waals surface area contributed by atoms with Gasteiger partial charge < -0.3 is 0 Å². The minimum absolute atomic E-state index is 0.450. The lowest BCUT2D eigenvalue weighted by atomic mass is 9.93. The molecule has 0 bridgehead atoms. The van der Waals surface area contributed by atoms with Crippen molar-refractivity contribution in [2.45, 2.75) is 39.5 Å². The smallest absolute Gasteiger partial charge is 0.106 e. The standard InChI is InChI=1S/C18H21BrN2/c1-12(2)15-8-6-9-16(13(3)4)18(15)20-11-14-7-5-10-17(19)21-14/h5-13H,1-4H3/b20-11+. The highest BCUT2D eigenvalue weighted by Gasteiger charge is 2.12. The zero-order valence-corrected chi connectivity index (χ0v) is 14.6. The predicted molar refractivity (Wildman–Crippen MR) is 93.8 cm³/mol. The van der Waals surface area contributed by atoms with Crippen molar-refractivity contribution in [2.24, 2.45) is 4.99 Å². The van der Waals surface area contributed by atoms with Gasteiger partial charge in [0.2, 0.25) is 0 Å². The van der Waals surface area contributed by atoms with Crippen LogP contribution in [0.15, 0.2) is 46.0 Å². The largest absolute Gasteiger partial charge is 0.254 e. The van der Waals surface area contributed by atoms with E-state index >= 15 is 0 Å². The van der Waals surface area contributed by atoms with Crippen molar-refractivity contribution in [3.63, 3.8) is 0 Å². The van der Waals surface area contributed by atoms with Gasteiger partial charge in [-0.3, -0.25) is 4.99 Å². The third-order valence-corrected chi connectivity index (χ3v) is 3.85. The Hall–Kier alpha value is -1.48. The molecule has 21 heavy (non-hydrogen) atoms. The van der Waals surface area contributed by atoms with Gasteiger partial charge in [-0.15, -0.1) is 0 Å². The highest BCUT2D eigenvalue weighted by molar-refractivity contribution is 9.10. The maximum atomic E-state index is 4.75. The van der Waals surface area contributed by atoms with Gasteiger partial charge in [0, 0.05) is 0 Å². The summed E-state index contributed by atoms with van der Waals surface area (Å²) >= 11 is 3.39. The first-order chi connectivity index (χ1) is 9.99. The van der Waals surface area contributed by atoms with Crippen molar-refractivity contribution >= 4 is 27.8 Å². The molecule has 2 nitrogen and oxygen atoms in total. The van der Waals surface area contributed by atoms with E-state index in [2.05, 4.69) is 66.8 Å². The van der Waals surface area contributed by atoms with Crippen molar-refractivity contribution in [3.8, 4) is 0 Å². The molecular formula is C18H21BrN2. The number of pyridine rings is 1. The first-order valence-electron chi connectivity index (χ1n) is 7.28. The minimum atomic E-state index is 0.450. The van der Waals surface area contributed by atoms with E-state index in [1.165, 1.54) is 11.1 Å². The van der Waals surface area contributed by atoms with E-state index < -0.39 is 0 Å². The molecule has 0 amide bonds. The monoisotopic (exact) mass is 344 g/mol. The Bertz CT molecular complexity index is 619. The summed E-state index contributed by atoms with van der Waals surface area (Å²) in [5.74, 6) is 0.901. The van der Waals surface area contributed by atoms with Crippen LogP contribution in [-0.4, -0.2) is 11.2 Å². The summed E-state index contributed by atoms with van der Waals surface area (Å²) in [6.45, 7) is 8.82. The van der Waals surface area contributed by atoms with Crippen molar-refractivity contribution in [1.29, 1.82) is 0 Å². The third-order valence-electron chi connectivity index (χ3n) is 3.41. The zero-order chi connectivity index (χ0) is 15.4. The van der Waals surface area contributed by atoms with Gasteiger partial charge in [-0.25, -0.2) is 4.98 Å². The summed E-state index contributed by atoms with van der Waals surface area (Å²) in [7, 11) is 0. The van der Waals surface area contributed by atoms with Gasteiger partial charge >= 0.3 is 0 Å². The average Bonchev–Trinajstić information content (AvgIpc) is 2.44. The Kier molecular flexibility index (Phi) is 5.29. The summed E-state index contributed by atoms with van der Waals surface area (Å²) in [6.07, 6.45) is 1.85. The summed E-state index contributed by atoms with van der Waals surface area (Å²) in [5.41, 5.74) is 4.52. The first kappa shape index (κ1) is 15.9. The normalized spacial score (nSPS) is 11.8. The Morgan fingerprint density at radius 2 is 1.52 bits per heavy atom. The lowest BCUT2D eigenvalue weighted by molar-refractivity contribution is 0.835. The fourth-order valence-electron chi connectivity index (χ4n) is 2.29. The van der Waals surface area contributed by atoms with Crippen LogP contribution in [0.5, 0.6) is 0 Å². The van der Waals surface area contributed by atoms with Crippen LogP contribution >= 0.6 is 15.9 Å². The van der Waals surface area contributed by atoms with Crippen molar-refractivity contribution in [3.05, 3.63) is 57.8 Å². The summed E-state index contributed by atoms with van der Waals surface area (Å²) in [6, 6.07) is 12.3. The lowest BCUT2D eigenvalue weighted by Crippen LogP contribution is -1.96. The van der Waals surface area contributed by atoms with Crippen molar-refractivity contribution < 1.29 is 0 Å². The fourth-order valence-corrected chi connectivity index (χ4v) is 2.64. The Balaban J connectivity index is 2.46. The van der Waals surface area contributed by atoms with Crippen LogP contribution in [0.4, 0.5) is 5.69 Å². The van der Waals surface area contributed by atoms with Crippen LogP contribution in [-0.2, 0) is 0 Å². The summed E-state index contributed by atoms with van der Waals surface area (Å²) < 4.78 is 0.827. The van der Waals surface area contributed by atoms with Gasteiger partial charge in [-0.1, -0.05) is 52.0 Å². The molecule has 110 valence electrons. The van der Waals surface area contributed by atoms with Gasteiger partial charge in [-0.05, 0) is 51.0 Å². The molecule has 0 radical (unpaired) electrons. The average molecular weight is 345 g/mol. The molecule has 0 spiro atoms. The molecule has 2 aromatic rings. The number of nitrogens with zero attached hydrogens (tertiary/aromatic N) is 2. The van der Waals surface area contributed by atoms with Crippen LogP contribution in [0.1, 0.15) is 56.4 Å². The minimum Gasteiger partial charge on any atom is -0.254 e. The van der Waals surface area contributed by atoms with Crippen LogP contribution < -0.4 is 0 Å². The fraction of sp³-hybridized carbons (Fsp3) is 0.333. The van der Waals surface area contributed by atoms with Gasteiger partial charge in [0.25, 0.3) is 0 Å². The maximum absolute atomic E-state index is 4.75. The highest BCUT2D eigenvalue weighted by atomic mass is 79.9. The molecule has 0 N–H and O–H groups in total. The summed E-state index contributed by atoms with van der Waals surface area (Å²) in [4.78, 5) is 9.16. The zero-order valence-electron chi connectivity index (χ0n) is 13.0. The molecule has 1 aromatic carbocycles. The van der Waals surface area contributed by atoms with E-state index in [-0.39, 0.29) is 0 Å². The number of hydrogen-bond donors (Lipinski definition) is 0. The SMILES string of the molecule is CC(C)c1cccc(C(C)C)c1/N=C/c1cccc(Br)n1. The lowest BCUT2D eigenvalue weighted by Gasteiger charge is -2.16. The van der Waals surface area contributed by atoms with E-state index in [0.29, 0.717) is 11.8 Å². The van der Waals surface area contributed by atoms with E-state index in [9.17, 15) is 0 Å². The molecule has 0 saturated heterocycles. The maximum Gasteiger partial charge on any atom is 0.106 e. The van der Waals surface area contributed by atoms with Gasteiger partial charge in [0.15, 0.2) is 0 Å². The van der Waals surface area contributed by atoms with Crippen LogP contribution in [0.3, 0.4) is 0 Å². The van der Waals surface area contributed by atoms with Crippen molar-refractivity contribution in [1.82, 2.24) is 4.98 Å². The van der Waals surface area contributed by atoms with E-state index in [1.807, 2.05) is 24.4 Å². The van der Waals surface area contributed by atoms with E-state index in [0.717, 1.165) is 16.0 Å². The van der Waals surface area contributed by atoms with Crippen LogP contribution in [0, 0.1) is 0 Å². The number of para-hydroxylation sites is 1. The Morgan fingerprint density at radius 3 is 2.05 bits per heavy atom.